The maximum absolute atomic E-state index is 14.4. The highest BCUT2D eigenvalue weighted by molar-refractivity contribution is 5.84. The Morgan fingerprint density at radius 3 is 2.29 bits per heavy atom. The minimum Gasteiger partial charge on any atom is -0.432 e. The van der Waals surface area contributed by atoms with Crippen LogP contribution >= 0.6 is 0 Å². The molecule has 14 atom stereocenters. The molecule has 1 heterocycles. The van der Waals surface area contributed by atoms with E-state index in [-0.39, 0.29) is 28.1 Å². The van der Waals surface area contributed by atoms with Crippen molar-refractivity contribution in [3.05, 3.63) is 22.8 Å². The molecule has 0 aromatic carbocycles. The van der Waals surface area contributed by atoms with Gasteiger partial charge < -0.3 is 40.1 Å². The summed E-state index contributed by atoms with van der Waals surface area (Å²) in [5, 5.41) is 63.1. The Kier molecular flexibility index (Phi) is 8.09. The number of aliphatic hydroxyl groups is 6. The van der Waals surface area contributed by atoms with Crippen molar-refractivity contribution in [2.45, 2.75) is 143 Å². The average molecular weight is 633 g/mol. The molecule has 45 heavy (non-hydrogen) atoms. The molecular weight excluding hydrogens is 576 g/mol. The van der Waals surface area contributed by atoms with Gasteiger partial charge in [0.2, 0.25) is 6.29 Å². The average Bonchev–Trinajstić information content (AvgIpc) is 2.98. The van der Waals surface area contributed by atoms with Crippen molar-refractivity contribution in [3.8, 4) is 0 Å². The molecule has 0 aromatic rings. The van der Waals surface area contributed by atoms with Crippen molar-refractivity contribution < 1.29 is 44.9 Å². The number of hydrogen-bond donors (Lipinski definition) is 6. The molecule has 9 nitrogen and oxygen atoms in total. The molecule has 1 aliphatic heterocycles. The molecule has 0 amide bonds. The summed E-state index contributed by atoms with van der Waals surface area (Å²) in [6.07, 6.45) is -0.447. The number of ether oxygens (including phenoxy) is 2. The number of hydrogen-bond acceptors (Lipinski definition) is 9. The third-order valence-corrected chi connectivity index (χ3v) is 14.8. The minimum atomic E-state index is -1.65. The van der Waals surface area contributed by atoms with Gasteiger partial charge in [-0.15, -0.1) is 0 Å². The van der Waals surface area contributed by atoms with Crippen LogP contribution in [0, 0.1) is 44.8 Å². The van der Waals surface area contributed by atoms with Crippen molar-refractivity contribution >= 4 is 5.97 Å². The van der Waals surface area contributed by atoms with E-state index >= 15 is 0 Å². The number of esters is 1. The van der Waals surface area contributed by atoms with Gasteiger partial charge in [-0.05, 0) is 109 Å². The molecule has 9 heteroatoms. The van der Waals surface area contributed by atoms with Gasteiger partial charge in [0.05, 0.1) is 24.2 Å². The summed E-state index contributed by atoms with van der Waals surface area (Å²) in [4.78, 5) is 14.4. The van der Waals surface area contributed by atoms with Crippen LogP contribution in [0.25, 0.3) is 0 Å². The smallest absolute Gasteiger partial charge is 0.318 e. The zero-order chi connectivity index (χ0) is 33.1. The third kappa shape index (κ3) is 4.40. The fraction of sp³-hybridized carbons (Fsp3) is 0.861. The Morgan fingerprint density at radius 1 is 0.933 bits per heavy atom. The summed E-state index contributed by atoms with van der Waals surface area (Å²) in [6.45, 7) is 15.1. The molecule has 3 saturated carbocycles. The molecule has 0 radical (unpaired) electrons. The van der Waals surface area contributed by atoms with Crippen LogP contribution < -0.4 is 0 Å². The molecule has 5 aliphatic carbocycles. The molecule has 6 rings (SSSR count). The minimum absolute atomic E-state index is 0.0955. The van der Waals surface area contributed by atoms with Gasteiger partial charge in [0.15, 0.2) is 0 Å². The molecule has 0 aromatic heterocycles. The fourth-order valence-corrected chi connectivity index (χ4v) is 11.7. The van der Waals surface area contributed by atoms with E-state index in [4.69, 9.17) is 9.47 Å². The van der Waals surface area contributed by atoms with E-state index in [1.165, 1.54) is 11.1 Å². The van der Waals surface area contributed by atoms with E-state index in [0.717, 1.165) is 37.7 Å². The Morgan fingerprint density at radius 2 is 1.62 bits per heavy atom. The third-order valence-electron chi connectivity index (χ3n) is 14.8. The first-order valence-electron chi connectivity index (χ1n) is 17.2. The lowest BCUT2D eigenvalue weighted by atomic mass is 9.34. The number of aliphatic hydroxyl groups excluding tert-OH is 6. The highest BCUT2D eigenvalue weighted by Gasteiger charge is 2.69. The summed E-state index contributed by atoms with van der Waals surface area (Å²) in [5.41, 5.74) is 1.65. The Bertz CT molecular complexity index is 1270. The van der Waals surface area contributed by atoms with Crippen molar-refractivity contribution in [1.82, 2.24) is 0 Å². The van der Waals surface area contributed by atoms with E-state index in [2.05, 4.69) is 54.5 Å². The van der Waals surface area contributed by atoms with E-state index in [0.29, 0.717) is 25.2 Å². The van der Waals surface area contributed by atoms with E-state index in [9.17, 15) is 35.4 Å². The maximum Gasteiger partial charge on any atom is 0.318 e. The van der Waals surface area contributed by atoms with Gasteiger partial charge in [0.25, 0.3) is 0 Å². The first kappa shape index (κ1) is 33.6. The summed E-state index contributed by atoms with van der Waals surface area (Å²) >= 11 is 0. The van der Waals surface area contributed by atoms with E-state index in [1.54, 1.807) is 0 Å². The predicted octanol–water partition coefficient (Wildman–Crippen LogP) is 3.38. The standard InChI is InChI=1S/C36H56O9/c1-18-10-13-36(31(43)45-30-28(41)27(40)26(39)22(17-37)44-30)15-14-34(6)20(25(36)19(18)2)8-9-24-33(5)16-21(38)29(42)32(3,4)23(33)11-12-35(24,34)7/h8,18,21-24,26-30,37-42H,9-17H2,1-7H3. The quantitative estimate of drug-likeness (QED) is 0.257. The topological polar surface area (TPSA) is 157 Å². The zero-order valence-electron chi connectivity index (χ0n) is 28.1. The van der Waals surface area contributed by atoms with Gasteiger partial charge in [0, 0.05) is 0 Å². The summed E-state index contributed by atoms with van der Waals surface area (Å²) in [7, 11) is 0. The Hall–Kier alpha value is -1.33. The Labute approximate surface area is 267 Å². The SMILES string of the molecule is CC1=C2C3=CCC4C5(C)CC(O)C(O)C(C)(C)C5CCC4(C)C3(C)CCC2(C(=O)OC2OC(CO)C(O)C(O)C2O)CCC1C. The van der Waals surface area contributed by atoms with Crippen molar-refractivity contribution in [3.63, 3.8) is 0 Å². The van der Waals surface area contributed by atoms with Gasteiger partial charge in [0.1, 0.15) is 24.4 Å². The normalized spacial score (nSPS) is 52.5. The number of allylic oxidation sites excluding steroid dienone is 3. The van der Waals surface area contributed by atoms with Gasteiger partial charge in [-0.25, -0.2) is 0 Å². The number of rotatable bonds is 3. The summed E-state index contributed by atoms with van der Waals surface area (Å²) in [6, 6.07) is 0. The summed E-state index contributed by atoms with van der Waals surface area (Å²) in [5.74, 6) is 0.373. The Balaban J connectivity index is 1.39. The van der Waals surface area contributed by atoms with Crippen LogP contribution in [0.1, 0.15) is 99.8 Å². The van der Waals surface area contributed by atoms with Crippen LogP contribution in [-0.2, 0) is 14.3 Å². The first-order valence-corrected chi connectivity index (χ1v) is 17.2. The lowest BCUT2D eigenvalue weighted by Gasteiger charge is -2.70. The molecule has 14 unspecified atom stereocenters. The lowest BCUT2D eigenvalue weighted by Crippen LogP contribution is -2.66. The molecule has 254 valence electrons. The molecule has 6 N–H and O–H groups in total. The van der Waals surface area contributed by atoms with Crippen LogP contribution in [0.5, 0.6) is 0 Å². The van der Waals surface area contributed by atoms with Crippen LogP contribution in [0.3, 0.4) is 0 Å². The number of fused-ring (bicyclic) bond motifs is 7. The van der Waals surface area contributed by atoms with E-state index in [1.807, 2.05) is 0 Å². The highest BCUT2D eigenvalue weighted by atomic mass is 16.7. The number of carbonyl (C=O) groups is 1. The second-order valence-electron chi connectivity index (χ2n) is 17.0. The molecule has 1 saturated heterocycles. The predicted molar refractivity (Wildman–Crippen MR) is 166 cm³/mol. The van der Waals surface area contributed by atoms with Gasteiger partial charge in [-0.3, -0.25) is 4.79 Å². The fourth-order valence-electron chi connectivity index (χ4n) is 11.7. The molecule has 4 fully saturated rings. The lowest BCUT2D eigenvalue weighted by molar-refractivity contribution is -0.295. The van der Waals surface area contributed by atoms with Crippen LogP contribution in [0.15, 0.2) is 22.8 Å². The molecule has 0 bridgehead atoms. The molecule has 6 aliphatic rings. The monoisotopic (exact) mass is 632 g/mol. The van der Waals surface area contributed by atoms with Crippen LogP contribution in [0.4, 0.5) is 0 Å². The van der Waals surface area contributed by atoms with Gasteiger partial charge in [-0.1, -0.05) is 53.2 Å². The van der Waals surface area contributed by atoms with Crippen LogP contribution in [0.2, 0.25) is 0 Å². The van der Waals surface area contributed by atoms with Gasteiger partial charge in [-0.2, -0.15) is 0 Å². The molecular formula is C36H56O9. The second-order valence-corrected chi connectivity index (χ2v) is 17.0. The van der Waals surface area contributed by atoms with Crippen molar-refractivity contribution in [2.75, 3.05) is 6.61 Å². The second kappa shape index (κ2) is 10.8. The van der Waals surface area contributed by atoms with Gasteiger partial charge >= 0.3 is 5.97 Å². The number of carbonyl (C=O) groups excluding carboxylic acids is 1. The maximum atomic E-state index is 14.4. The van der Waals surface area contributed by atoms with E-state index < -0.39 is 66.3 Å². The van der Waals surface area contributed by atoms with Crippen molar-refractivity contribution in [1.29, 1.82) is 0 Å². The van der Waals surface area contributed by atoms with Crippen LogP contribution in [-0.4, -0.2) is 86.1 Å². The molecule has 0 spiro atoms. The first-order chi connectivity index (χ1) is 20.9. The highest BCUT2D eigenvalue weighted by Crippen LogP contribution is 2.75. The zero-order valence-corrected chi connectivity index (χ0v) is 28.1. The summed E-state index contributed by atoms with van der Waals surface area (Å²) < 4.78 is 11.5. The largest absolute Gasteiger partial charge is 0.432 e. The van der Waals surface area contributed by atoms with Crippen molar-refractivity contribution in [2.24, 2.45) is 44.8 Å².